The molecule has 3 nitrogen and oxygen atoms in total. The number of aromatic nitrogens is 2. The molecule has 1 heterocycles. The van der Waals surface area contributed by atoms with E-state index in [2.05, 4.69) is 4.98 Å². The molecule has 3 aromatic carbocycles. The Balaban J connectivity index is 1.85. The Morgan fingerprint density at radius 2 is 1.89 bits per heavy atom. The smallest absolute Gasteiger partial charge is 0.152 e. The third kappa shape index (κ3) is 3.09. The third-order valence-electron chi connectivity index (χ3n) is 4.51. The summed E-state index contributed by atoms with van der Waals surface area (Å²) in [6.07, 6.45) is 1.05. The first-order valence-electron chi connectivity index (χ1n) is 8.35. The van der Waals surface area contributed by atoms with Crippen molar-refractivity contribution in [3.63, 3.8) is 0 Å². The van der Waals surface area contributed by atoms with Crippen LogP contribution in [0.2, 0.25) is 5.02 Å². The first-order chi connectivity index (χ1) is 13.0. The number of nitrogens with zero attached hydrogens (tertiary/aromatic N) is 2. The molecule has 0 aliphatic rings. The first-order valence-corrected chi connectivity index (χ1v) is 8.73. The highest BCUT2D eigenvalue weighted by atomic mass is 35.5. The zero-order valence-corrected chi connectivity index (χ0v) is 15.1. The third-order valence-corrected chi connectivity index (χ3v) is 4.80. The largest absolute Gasteiger partial charge is 0.389 e. The number of fused-ring (bicyclic) bond motifs is 1. The van der Waals surface area contributed by atoms with E-state index < -0.39 is 17.7 Å². The van der Waals surface area contributed by atoms with Crippen LogP contribution in [0.4, 0.5) is 8.78 Å². The summed E-state index contributed by atoms with van der Waals surface area (Å²) in [5.74, 6) is -1.46. The first kappa shape index (κ1) is 17.6. The number of aliphatic hydroxyl groups excluding tert-OH is 1. The minimum Gasteiger partial charge on any atom is -0.389 e. The zero-order chi connectivity index (χ0) is 19.1. The minimum absolute atomic E-state index is 0.129. The molecule has 1 atom stereocenters. The number of benzene rings is 3. The second-order valence-electron chi connectivity index (χ2n) is 6.31. The predicted molar refractivity (Wildman–Crippen MR) is 102 cm³/mol. The zero-order valence-electron chi connectivity index (χ0n) is 14.3. The van der Waals surface area contributed by atoms with Crippen LogP contribution in [0.15, 0.2) is 60.9 Å². The molecule has 0 amide bonds. The Labute approximate surface area is 159 Å². The van der Waals surface area contributed by atoms with Crippen molar-refractivity contribution < 1.29 is 13.9 Å². The molecule has 0 fully saturated rings. The number of halogens is 3. The van der Waals surface area contributed by atoms with Crippen molar-refractivity contribution in [2.24, 2.45) is 0 Å². The van der Waals surface area contributed by atoms with Crippen LogP contribution in [-0.2, 0) is 0 Å². The van der Waals surface area contributed by atoms with Crippen LogP contribution in [0.25, 0.3) is 27.8 Å². The van der Waals surface area contributed by atoms with Crippen LogP contribution < -0.4 is 0 Å². The summed E-state index contributed by atoms with van der Waals surface area (Å²) in [6.45, 7) is 1.69. The fraction of sp³-hybridized carbons (Fsp3) is 0.0952. The molecule has 4 rings (SSSR count). The molecule has 0 bridgehead atoms. The van der Waals surface area contributed by atoms with Crippen molar-refractivity contribution in [3.05, 3.63) is 83.1 Å². The molecule has 136 valence electrons. The summed E-state index contributed by atoms with van der Waals surface area (Å²) in [6, 6.07) is 14.7. The number of aliphatic hydroxyl groups is 1. The van der Waals surface area contributed by atoms with Crippen molar-refractivity contribution in [2.75, 3.05) is 0 Å². The topological polar surface area (TPSA) is 38.1 Å². The summed E-state index contributed by atoms with van der Waals surface area (Å²) < 4.78 is 30.4. The van der Waals surface area contributed by atoms with E-state index >= 15 is 0 Å². The number of rotatable bonds is 3. The fourth-order valence-electron chi connectivity index (χ4n) is 3.10. The van der Waals surface area contributed by atoms with E-state index in [0.29, 0.717) is 11.3 Å². The SMILES string of the molecule is C[C@H](O)c1ccc2c(c1)ncn2-c1cccc(-c2c(F)ccc(Cl)c2F)c1. The molecule has 1 aromatic heterocycles. The molecule has 0 aliphatic carbocycles. The Bertz CT molecular complexity index is 1150. The molecule has 1 N–H and O–H groups in total. The summed E-state index contributed by atoms with van der Waals surface area (Å²) in [7, 11) is 0. The second-order valence-corrected chi connectivity index (χ2v) is 6.71. The maximum atomic E-state index is 14.4. The highest BCUT2D eigenvalue weighted by Gasteiger charge is 2.16. The van der Waals surface area contributed by atoms with Crippen molar-refractivity contribution in [1.82, 2.24) is 9.55 Å². The molecule has 6 heteroatoms. The molecule has 0 radical (unpaired) electrons. The van der Waals surface area contributed by atoms with Crippen LogP contribution in [0.3, 0.4) is 0 Å². The normalized spacial score (nSPS) is 12.5. The molecule has 0 saturated carbocycles. The van der Waals surface area contributed by atoms with Gasteiger partial charge in [0, 0.05) is 5.69 Å². The van der Waals surface area contributed by atoms with E-state index in [9.17, 15) is 13.9 Å². The lowest BCUT2D eigenvalue weighted by Gasteiger charge is -2.10. The van der Waals surface area contributed by atoms with Gasteiger partial charge in [0.25, 0.3) is 0 Å². The van der Waals surface area contributed by atoms with E-state index in [1.807, 2.05) is 28.8 Å². The molecule has 4 aromatic rings. The Hall–Kier alpha value is -2.76. The standard InChI is InChI=1S/C21H15ClF2N2O/c1-12(27)13-5-8-19-18(10-13)25-11-26(19)15-4-2-3-14(9-15)20-17(23)7-6-16(22)21(20)24/h2-12,27H,1H3/t12-/m0/s1. The van der Waals surface area contributed by atoms with Gasteiger partial charge in [0.1, 0.15) is 12.1 Å². The molecule has 0 unspecified atom stereocenters. The number of hydrogen-bond acceptors (Lipinski definition) is 2. The Morgan fingerprint density at radius 3 is 2.67 bits per heavy atom. The monoisotopic (exact) mass is 384 g/mol. The fourth-order valence-corrected chi connectivity index (χ4v) is 3.26. The maximum absolute atomic E-state index is 14.4. The van der Waals surface area contributed by atoms with Gasteiger partial charge < -0.3 is 5.11 Å². The highest BCUT2D eigenvalue weighted by molar-refractivity contribution is 6.31. The van der Waals surface area contributed by atoms with Gasteiger partial charge in [-0.3, -0.25) is 4.57 Å². The van der Waals surface area contributed by atoms with Gasteiger partial charge in [0.2, 0.25) is 0 Å². The quantitative estimate of drug-likeness (QED) is 0.461. The van der Waals surface area contributed by atoms with Crippen molar-refractivity contribution in [2.45, 2.75) is 13.0 Å². The van der Waals surface area contributed by atoms with Crippen LogP contribution in [-0.4, -0.2) is 14.7 Å². The van der Waals surface area contributed by atoms with Crippen molar-refractivity contribution in [1.29, 1.82) is 0 Å². The van der Waals surface area contributed by atoms with Gasteiger partial charge in [-0.15, -0.1) is 0 Å². The number of hydrogen-bond donors (Lipinski definition) is 1. The lowest BCUT2D eigenvalue weighted by atomic mass is 10.0. The van der Waals surface area contributed by atoms with E-state index in [0.717, 1.165) is 22.7 Å². The summed E-state index contributed by atoms with van der Waals surface area (Å²) in [5, 5.41) is 9.60. The van der Waals surface area contributed by atoms with E-state index in [1.54, 1.807) is 31.5 Å². The van der Waals surface area contributed by atoms with Gasteiger partial charge in [-0.1, -0.05) is 29.8 Å². The highest BCUT2D eigenvalue weighted by Crippen LogP contribution is 2.32. The van der Waals surface area contributed by atoms with Gasteiger partial charge >= 0.3 is 0 Å². The predicted octanol–water partition coefficient (Wildman–Crippen LogP) is 5.68. The molecule has 0 saturated heterocycles. The van der Waals surface area contributed by atoms with Crippen LogP contribution in [0.1, 0.15) is 18.6 Å². The van der Waals surface area contributed by atoms with Gasteiger partial charge in [-0.25, -0.2) is 13.8 Å². The van der Waals surface area contributed by atoms with E-state index in [4.69, 9.17) is 11.6 Å². The van der Waals surface area contributed by atoms with Crippen LogP contribution in [0.5, 0.6) is 0 Å². The second kappa shape index (κ2) is 6.76. The summed E-state index contributed by atoms with van der Waals surface area (Å²) in [5.41, 5.74) is 3.24. The average Bonchev–Trinajstić information content (AvgIpc) is 3.08. The molecular formula is C21H15ClF2N2O. The van der Waals surface area contributed by atoms with Crippen molar-refractivity contribution in [3.8, 4) is 16.8 Å². The lowest BCUT2D eigenvalue weighted by molar-refractivity contribution is 0.199. The Morgan fingerprint density at radius 1 is 1.07 bits per heavy atom. The van der Waals surface area contributed by atoms with Gasteiger partial charge in [-0.05, 0) is 54.4 Å². The van der Waals surface area contributed by atoms with Gasteiger partial charge in [0.05, 0.1) is 27.7 Å². The maximum Gasteiger partial charge on any atom is 0.152 e. The molecule has 27 heavy (non-hydrogen) atoms. The van der Waals surface area contributed by atoms with Crippen molar-refractivity contribution >= 4 is 22.6 Å². The van der Waals surface area contributed by atoms with E-state index in [1.165, 1.54) is 6.07 Å². The van der Waals surface area contributed by atoms with Gasteiger partial charge in [-0.2, -0.15) is 0 Å². The molecule has 0 aliphatic heterocycles. The molecule has 0 spiro atoms. The number of imidazole rings is 1. The van der Waals surface area contributed by atoms with Gasteiger partial charge in [0.15, 0.2) is 5.82 Å². The summed E-state index contributed by atoms with van der Waals surface area (Å²) >= 11 is 5.82. The Kier molecular flexibility index (Phi) is 4.42. The van der Waals surface area contributed by atoms with E-state index in [-0.39, 0.29) is 10.6 Å². The van der Waals surface area contributed by atoms with Crippen LogP contribution >= 0.6 is 11.6 Å². The van der Waals surface area contributed by atoms with Crippen LogP contribution in [0, 0.1) is 11.6 Å². The minimum atomic E-state index is -0.786. The molecular weight excluding hydrogens is 370 g/mol. The lowest BCUT2D eigenvalue weighted by Crippen LogP contribution is -1.96. The summed E-state index contributed by atoms with van der Waals surface area (Å²) in [4.78, 5) is 4.37. The average molecular weight is 385 g/mol.